The van der Waals surface area contributed by atoms with Crippen LogP contribution in [0.15, 0.2) is 23.1 Å². The van der Waals surface area contributed by atoms with Crippen molar-refractivity contribution < 1.29 is 4.39 Å². The standard InChI is InChI=1S/C12H15FN6S/c1-19(2)12-17-10(16-11(15)18-12)6-20-9-4-3-7(13)5-8(9)14/h3-5H,6,14H2,1-2H3,(H2,15,16,17,18). The molecule has 8 heteroatoms. The number of aromatic nitrogens is 3. The molecular formula is C12H15FN6S. The lowest BCUT2D eigenvalue weighted by Gasteiger charge is -2.11. The molecule has 2 aromatic rings. The van der Waals surface area contributed by atoms with Crippen LogP contribution in [0.4, 0.5) is 22.0 Å². The van der Waals surface area contributed by atoms with Crippen molar-refractivity contribution in [2.24, 2.45) is 0 Å². The van der Waals surface area contributed by atoms with Gasteiger partial charge in [-0.05, 0) is 18.2 Å². The quantitative estimate of drug-likeness (QED) is 0.652. The fraction of sp³-hybridized carbons (Fsp3) is 0.250. The van der Waals surface area contributed by atoms with Crippen molar-refractivity contribution in [2.75, 3.05) is 30.5 Å². The summed E-state index contributed by atoms with van der Waals surface area (Å²) in [6, 6.07) is 4.29. The number of benzene rings is 1. The summed E-state index contributed by atoms with van der Waals surface area (Å²) in [6.45, 7) is 0. The van der Waals surface area contributed by atoms with Gasteiger partial charge in [0.1, 0.15) is 11.6 Å². The van der Waals surface area contributed by atoms with Crippen molar-refractivity contribution in [2.45, 2.75) is 10.6 Å². The van der Waals surface area contributed by atoms with Crippen LogP contribution in [0.2, 0.25) is 0 Å². The van der Waals surface area contributed by atoms with E-state index in [1.54, 1.807) is 11.0 Å². The number of nitrogen functional groups attached to an aromatic ring is 2. The average molecular weight is 294 g/mol. The molecule has 0 aliphatic carbocycles. The molecule has 1 aromatic heterocycles. The lowest BCUT2D eigenvalue weighted by atomic mass is 10.3. The van der Waals surface area contributed by atoms with Crippen molar-refractivity contribution in [3.63, 3.8) is 0 Å². The second kappa shape index (κ2) is 5.91. The molecule has 0 saturated heterocycles. The molecule has 0 unspecified atom stereocenters. The van der Waals surface area contributed by atoms with Gasteiger partial charge in [-0.3, -0.25) is 0 Å². The molecule has 0 fully saturated rings. The maximum Gasteiger partial charge on any atom is 0.229 e. The Hall–Kier alpha value is -2.09. The summed E-state index contributed by atoms with van der Waals surface area (Å²) in [5, 5.41) is 0. The van der Waals surface area contributed by atoms with Crippen LogP contribution in [0.3, 0.4) is 0 Å². The first-order chi connectivity index (χ1) is 9.45. The first-order valence-electron chi connectivity index (χ1n) is 5.81. The maximum atomic E-state index is 13.0. The van der Waals surface area contributed by atoms with Crippen LogP contribution in [-0.4, -0.2) is 29.0 Å². The molecule has 4 N–H and O–H groups in total. The van der Waals surface area contributed by atoms with Crippen LogP contribution in [0.25, 0.3) is 0 Å². The van der Waals surface area contributed by atoms with Crippen molar-refractivity contribution >= 4 is 29.3 Å². The minimum Gasteiger partial charge on any atom is -0.398 e. The summed E-state index contributed by atoms with van der Waals surface area (Å²) in [5.74, 6) is 1.34. The molecule has 20 heavy (non-hydrogen) atoms. The molecule has 0 spiro atoms. The monoisotopic (exact) mass is 294 g/mol. The number of hydrogen-bond donors (Lipinski definition) is 2. The normalized spacial score (nSPS) is 10.6. The van der Waals surface area contributed by atoms with Crippen LogP contribution >= 0.6 is 11.8 Å². The van der Waals surface area contributed by atoms with Gasteiger partial charge >= 0.3 is 0 Å². The molecule has 0 saturated carbocycles. The minimum atomic E-state index is -0.355. The summed E-state index contributed by atoms with van der Waals surface area (Å²) in [7, 11) is 3.65. The van der Waals surface area contributed by atoms with Crippen molar-refractivity contribution in [3.05, 3.63) is 29.8 Å². The van der Waals surface area contributed by atoms with Gasteiger partial charge in [-0.2, -0.15) is 15.0 Å². The molecule has 0 aliphatic heterocycles. The SMILES string of the molecule is CN(C)c1nc(N)nc(CSc2ccc(F)cc2N)n1. The number of anilines is 3. The van der Waals surface area contributed by atoms with Gasteiger partial charge in [0.15, 0.2) is 0 Å². The predicted octanol–water partition coefficient (Wildman–Crippen LogP) is 1.53. The van der Waals surface area contributed by atoms with E-state index in [0.717, 1.165) is 4.90 Å². The van der Waals surface area contributed by atoms with Gasteiger partial charge in [0.05, 0.1) is 5.75 Å². The number of halogens is 1. The molecule has 2 rings (SSSR count). The zero-order chi connectivity index (χ0) is 14.7. The topological polar surface area (TPSA) is 94.0 Å². The molecule has 1 heterocycles. The molecule has 0 amide bonds. The summed E-state index contributed by atoms with van der Waals surface area (Å²) in [4.78, 5) is 14.9. The second-order valence-corrected chi connectivity index (χ2v) is 5.29. The van der Waals surface area contributed by atoms with Crippen molar-refractivity contribution in [3.8, 4) is 0 Å². The van der Waals surface area contributed by atoms with Crippen LogP contribution in [0.1, 0.15) is 5.82 Å². The van der Waals surface area contributed by atoms with Crippen molar-refractivity contribution in [1.82, 2.24) is 15.0 Å². The zero-order valence-corrected chi connectivity index (χ0v) is 12.0. The minimum absolute atomic E-state index is 0.173. The Labute approximate surface area is 120 Å². The van der Waals surface area contributed by atoms with Crippen LogP contribution in [-0.2, 0) is 5.75 Å². The van der Waals surface area contributed by atoms with Gasteiger partial charge in [-0.15, -0.1) is 11.8 Å². The Balaban J connectivity index is 2.14. The fourth-order valence-corrected chi connectivity index (χ4v) is 2.29. The van der Waals surface area contributed by atoms with E-state index in [1.165, 1.54) is 23.9 Å². The Bertz CT molecular complexity index is 619. The maximum absolute atomic E-state index is 13.0. The molecule has 0 radical (unpaired) electrons. The predicted molar refractivity (Wildman–Crippen MR) is 78.9 cm³/mol. The summed E-state index contributed by atoms with van der Waals surface area (Å²) in [6.07, 6.45) is 0. The zero-order valence-electron chi connectivity index (χ0n) is 11.2. The third-order valence-corrected chi connectivity index (χ3v) is 3.50. The Morgan fingerprint density at radius 1 is 1.20 bits per heavy atom. The van der Waals surface area contributed by atoms with E-state index < -0.39 is 0 Å². The lowest BCUT2D eigenvalue weighted by molar-refractivity contribution is 0.627. The summed E-state index contributed by atoms with van der Waals surface area (Å²) in [5.41, 5.74) is 11.8. The highest BCUT2D eigenvalue weighted by atomic mass is 32.2. The number of hydrogen-bond acceptors (Lipinski definition) is 7. The molecule has 106 valence electrons. The van der Waals surface area contributed by atoms with Gasteiger partial charge in [0, 0.05) is 24.7 Å². The number of thioether (sulfide) groups is 1. The van der Waals surface area contributed by atoms with Gasteiger partial charge in [-0.25, -0.2) is 4.39 Å². The number of nitrogens with zero attached hydrogens (tertiary/aromatic N) is 4. The third-order valence-electron chi connectivity index (χ3n) is 2.42. The molecule has 0 aliphatic rings. The van der Waals surface area contributed by atoms with Gasteiger partial charge < -0.3 is 16.4 Å². The molecule has 1 aromatic carbocycles. The Morgan fingerprint density at radius 3 is 2.60 bits per heavy atom. The molecule has 6 nitrogen and oxygen atoms in total. The highest BCUT2D eigenvalue weighted by Gasteiger charge is 2.08. The van der Waals surface area contributed by atoms with E-state index in [4.69, 9.17) is 11.5 Å². The van der Waals surface area contributed by atoms with E-state index in [1.807, 2.05) is 14.1 Å². The van der Waals surface area contributed by atoms with Gasteiger partial charge in [0.25, 0.3) is 0 Å². The number of rotatable bonds is 4. The highest BCUT2D eigenvalue weighted by Crippen LogP contribution is 2.28. The lowest BCUT2D eigenvalue weighted by Crippen LogP contribution is -2.15. The summed E-state index contributed by atoms with van der Waals surface area (Å²) < 4.78 is 13.0. The molecule has 0 bridgehead atoms. The Kier molecular flexibility index (Phi) is 4.23. The first-order valence-corrected chi connectivity index (χ1v) is 6.80. The fourth-order valence-electron chi connectivity index (χ4n) is 1.48. The smallest absolute Gasteiger partial charge is 0.229 e. The largest absolute Gasteiger partial charge is 0.398 e. The Morgan fingerprint density at radius 2 is 1.95 bits per heavy atom. The van der Waals surface area contributed by atoms with E-state index in [0.29, 0.717) is 23.2 Å². The number of nitrogens with two attached hydrogens (primary N) is 2. The second-order valence-electron chi connectivity index (χ2n) is 4.28. The third kappa shape index (κ3) is 3.47. The molecular weight excluding hydrogens is 279 g/mol. The first kappa shape index (κ1) is 14.3. The van der Waals surface area contributed by atoms with Crippen LogP contribution in [0, 0.1) is 5.82 Å². The van der Waals surface area contributed by atoms with Crippen LogP contribution in [0.5, 0.6) is 0 Å². The van der Waals surface area contributed by atoms with E-state index >= 15 is 0 Å². The van der Waals surface area contributed by atoms with Crippen molar-refractivity contribution in [1.29, 1.82) is 0 Å². The average Bonchev–Trinajstić information content (AvgIpc) is 2.37. The van der Waals surface area contributed by atoms with E-state index in [9.17, 15) is 4.39 Å². The van der Waals surface area contributed by atoms with Crippen LogP contribution < -0.4 is 16.4 Å². The summed E-state index contributed by atoms with van der Waals surface area (Å²) >= 11 is 1.42. The van der Waals surface area contributed by atoms with Gasteiger partial charge in [0.2, 0.25) is 11.9 Å². The highest BCUT2D eigenvalue weighted by molar-refractivity contribution is 7.98. The van der Waals surface area contributed by atoms with E-state index in [-0.39, 0.29) is 11.8 Å². The van der Waals surface area contributed by atoms with Gasteiger partial charge in [-0.1, -0.05) is 0 Å². The molecule has 0 atom stereocenters. The van der Waals surface area contributed by atoms with E-state index in [2.05, 4.69) is 15.0 Å².